The van der Waals surface area contributed by atoms with E-state index in [0.29, 0.717) is 0 Å². The van der Waals surface area contributed by atoms with Crippen LogP contribution >= 0.6 is 15.9 Å². The van der Waals surface area contributed by atoms with Gasteiger partial charge >= 0.3 is 0 Å². The molecule has 2 nitrogen and oxygen atoms in total. The number of rotatable bonds is 3. The van der Waals surface area contributed by atoms with Gasteiger partial charge in [0.05, 0.1) is 0 Å². The van der Waals surface area contributed by atoms with E-state index in [1.54, 1.807) is 0 Å². The Balaban J connectivity index is 2.05. The molecule has 0 aliphatic heterocycles. The summed E-state index contributed by atoms with van der Waals surface area (Å²) >= 11 is 3.40. The zero-order valence-corrected chi connectivity index (χ0v) is 13.0. The quantitative estimate of drug-likeness (QED) is 0.847. The lowest BCUT2D eigenvalue weighted by Gasteiger charge is -2.07. The molecule has 0 saturated heterocycles. The summed E-state index contributed by atoms with van der Waals surface area (Å²) in [7, 11) is 0. The summed E-state index contributed by atoms with van der Waals surface area (Å²) in [5.41, 5.74) is 2.27. The molecule has 1 N–H and O–H groups in total. The Hall–Kier alpha value is -0.830. The number of alkyl halides is 1. The number of amides is 1. The monoisotopic (exact) mass is 309 g/mol. The maximum atomic E-state index is 12.1. The number of carbonyl (C=O) groups is 1. The highest BCUT2D eigenvalue weighted by atomic mass is 79.9. The number of hydrogen-bond donors (Lipinski definition) is 1. The molecule has 0 spiro atoms. The largest absolute Gasteiger partial charge is 0.348 e. The van der Waals surface area contributed by atoms with Crippen molar-refractivity contribution in [1.82, 2.24) is 5.32 Å². The number of halogens is 1. The van der Waals surface area contributed by atoms with E-state index in [-0.39, 0.29) is 22.8 Å². The third-order valence-corrected chi connectivity index (χ3v) is 5.31. The van der Waals surface area contributed by atoms with Crippen molar-refractivity contribution in [3.8, 4) is 0 Å². The molecule has 0 unspecified atom stereocenters. The molecular formula is C15H20BrNO. The van der Waals surface area contributed by atoms with Crippen LogP contribution in [0.25, 0.3) is 0 Å². The average molecular weight is 310 g/mol. The first-order chi connectivity index (χ1) is 8.30. The third kappa shape index (κ3) is 2.09. The lowest BCUT2D eigenvalue weighted by molar-refractivity contribution is 0.0943. The van der Waals surface area contributed by atoms with Crippen LogP contribution in [-0.2, 0) is 5.33 Å². The highest BCUT2D eigenvalue weighted by Crippen LogP contribution is 2.62. The standard InChI is InChI=1S/C15H20BrNO/c1-14(2)13(15(14,3)4)17-12(18)11-7-5-10(9-16)6-8-11/h5-8,13H,9H2,1-4H3,(H,17,18). The van der Waals surface area contributed by atoms with E-state index in [1.807, 2.05) is 24.3 Å². The first kappa shape index (κ1) is 13.6. The van der Waals surface area contributed by atoms with Crippen molar-refractivity contribution in [2.45, 2.75) is 39.1 Å². The van der Waals surface area contributed by atoms with Gasteiger partial charge in [0.2, 0.25) is 0 Å². The van der Waals surface area contributed by atoms with Crippen LogP contribution in [0.5, 0.6) is 0 Å². The molecule has 1 saturated carbocycles. The molecule has 1 amide bonds. The van der Waals surface area contributed by atoms with E-state index in [0.717, 1.165) is 10.9 Å². The van der Waals surface area contributed by atoms with Crippen molar-refractivity contribution in [2.75, 3.05) is 0 Å². The van der Waals surface area contributed by atoms with Crippen LogP contribution in [0.2, 0.25) is 0 Å². The molecule has 0 aromatic heterocycles. The second kappa shape index (κ2) is 4.37. The van der Waals surface area contributed by atoms with E-state index < -0.39 is 0 Å². The average Bonchev–Trinajstić information content (AvgIpc) is 2.72. The molecule has 1 aliphatic rings. The van der Waals surface area contributed by atoms with Gasteiger partial charge in [0.25, 0.3) is 5.91 Å². The van der Waals surface area contributed by atoms with Crippen molar-refractivity contribution in [1.29, 1.82) is 0 Å². The normalized spacial score (nSPS) is 20.5. The van der Waals surface area contributed by atoms with Crippen molar-refractivity contribution < 1.29 is 4.79 Å². The lowest BCUT2D eigenvalue weighted by atomic mass is 10.0. The fraction of sp³-hybridized carbons (Fsp3) is 0.533. The van der Waals surface area contributed by atoms with Crippen LogP contribution in [0, 0.1) is 10.8 Å². The zero-order chi connectivity index (χ0) is 13.6. The van der Waals surface area contributed by atoms with Crippen molar-refractivity contribution >= 4 is 21.8 Å². The first-order valence-corrected chi connectivity index (χ1v) is 7.38. The second-order valence-electron chi connectivity index (χ2n) is 6.18. The summed E-state index contributed by atoms with van der Waals surface area (Å²) in [5, 5.41) is 3.95. The van der Waals surface area contributed by atoms with Gasteiger partial charge in [-0.3, -0.25) is 4.79 Å². The van der Waals surface area contributed by atoms with Crippen LogP contribution < -0.4 is 5.32 Å². The van der Waals surface area contributed by atoms with Gasteiger partial charge in [0.1, 0.15) is 0 Å². The van der Waals surface area contributed by atoms with Gasteiger partial charge in [-0.05, 0) is 28.5 Å². The van der Waals surface area contributed by atoms with E-state index in [9.17, 15) is 4.79 Å². The molecule has 3 heteroatoms. The Labute approximate surface area is 117 Å². The van der Waals surface area contributed by atoms with Crippen molar-refractivity contribution in [3.63, 3.8) is 0 Å². The van der Waals surface area contributed by atoms with Crippen LogP contribution in [0.4, 0.5) is 0 Å². The van der Waals surface area contributed by atoms with E-state index in [1.165, 1.54) is 5.56 Å². The van der Waals surface area contributed by atoms with Crippen LogP contribution in [0.15, 0.2) is 24.3 Å². The predicted octanol–water partition coefficient (Wildman–Crippen LogP) is 3.75. The fourth-order valence-corrected chi connectivity index (χ4v) is 2.89. The Morgan fingerprint density at radius 1 is 1.17 bits per heavy atom. The molecule has 1 aromatic rings. The Morgan fingerprint density at radius 3 is 2.06 bits per heavy atom. The zero-order valence-electron chi connectivity index (χ0n) is 11.4. The maximum Gasteiger partial charge on any atom is 0.251 e. The van der Waals surface area contributed by atoms with Gasteiger partial charge in [-0.1, -0.05) is 55.8 Å². The summed E-state index contributed by atoms with van der Waals surface area (Å²) in [6.07, 6.45) is 0. The molecule has 1 fully saturated rings. The molecule has 0 bridgehead atoms. The summed E-state index contributed by atoms with van der Waals surface area (Å²) in [5.74, 6) is 0.0276. The Bertz CT molecular complexity index is 448. The van der Waals surface area contributed by atoms with Gasteiger partial charge in [-0.25, -0.2) is 0 Å². The van der Waals surface area contributed by atoms with Crippen molar-refractivity contribution in [3.05, 3.63) is 35.4 Å². The van der Waals surface area contributed by atoms with E-state index in [2.05, 4.69) is 48.9 Å². The molecule has 0 radical (unpaired) electrons. The van der Waals surface area contributed by atoms with Crippen LogP contribution in [-0.4, -0.2) is 11.9 Å². The third-order valence-electron chi connectivity index (χ3n) is 4.67. The predicted molar refractivity (Wildman–Crippen MR) is 77.9 cm³/mol. The number of hydrogen-bond acceptors (Lipinski definition) is 1. The summed E-state index contributed by atoms with van der Waals surface area (Å²) < 4.78 is 0. The van der Waals surface area contributed by atoms with Gasteiger partial charge < -0.3 is 5.32 Å². The Kier molecular flexibility index (Phi) is 3.30. The summed E-state index contributed by atoms with van der Waals surface area (Å²) in [6, 6.07) is 7.98. The fourth-order valence-electron chi connectivity index (χ4n) is 2.52. The number of carbonyl (C=O) groups excluding carboxylic acids is 1. The lowest BCUT2D eigenvalue weighted by Crippen LogP contribution is -2.29. The molecule has 2 rings (SSSR count). The van der Waals surface area contributed by atoms with Crippen LogP contribution in [0.3, 0.4) is 0 Å². The number of benzene rings is 1. The van der Waals surface area contributed by atoms with Crippen molar-refractivity contribution in [2.24, 2.45) is 10.8 Å². The summed E-state index contributed by atoms with van der Waals surface area (Å²) in [4.78, 5) is 12.1. The van der Waals surface area contributed by atoms with E-state index >= 15 is 0 Å². The SMILES string of the molecule is CC1(C)C(NC(=O)c2ccc(CBr)cc2)C1(C)C. The molecule has 98 valence electrons. The van der Waals surface area contributed by atoms with Gasteiger partial charge in [0, 0.05) is 16.9 Å². The second-order valence-corrected chi connectivity index (χ2v) is 6.74. The van der Waals surface area contributed by atoms with E-state index in [4.69, 9.17) is 0 Å². The van der Waals surface area contributed by atoms with Gasteiger partial charge in [-0.15, -0.1) is 0 Å². The smallest absolute Gasteiger partial charge is 0.251 e. The minimum atomic E-state index is 0.0276. The number of nitrogens with one attached hydrogen (secondary N) is 1. The molecule has 0 heterocycles. The molecule has 0 atom stereocenters. The minimum absolute atomic E-state index is 0.0276. The maximum absolute atomic E-state index is 12.1. The highest BCUT2D eigenvalue weighted by molar-refractivity contribution is 9.08. The molecular weight excluding hydrogens is 290 g/mol. The van der Waals surface area contributed by atoms with Gasteiger partial charge in [-0.2, -0.15) is 0 Å². The molecule has 18 heavy (non-hydrogen) atoms. The molecule has 1 aromatic carbocycles. The Morgan fingerprint density at radius 2 is 1.67 bits per heavy atom. The first-order valence-electron chi connectivity index (χ1n) is 6.26. The topological polar surface area (TPSA) is 29.1 Å². The van der Waals surface area contributed by atoms with Crippen LogP contribution in [0.1, 0.15) is 43.6 Å². The molecule has 1 aliphatic carbocycles. The van der Waals surface area contributed by atoms with Gasteiger partial charge in [0.15, 0.2) is 0 Å². The highest BCUT2D eigenvalue weighted by Gasteiger charge is 2.65. The minimum Gasteiger partial charge on any atom is -0.348 e. The summed E-state index contributed by atoms with van der Waals surface area (Å²) in [6.45, 7) is 8.80.